The largest absolute Gasteiger partial charge is 0.287 e. The number of rotatable bonds is 5. The quantitative estimate of drug-likeness (QED) is 0.455. The van der Waals surface area contributed by atoms with Gasteiger partial charge in [0.1, 0.15) is 0 Å². The molecule has 20 heavy (non-hydrogen) atoms. The van der Waals surface area contributed by atoms with Gasteiger partial charge in [-0.3, -0.25) is 4.79 Å². The molecule has 0 bridgehead atoms. The first-order chi connectivity index (χ1) is 9.17. The average molecular weight is 301 g/mol. The molecule has 0 saturated carbocycles. The van der Waals surface area contributed by atoms with Crippen molar-refractivity contribution in [2.45, 2.75) is 75.7 Å². The first-order valence-electron chi connectivity index (χ1n) is 7.70. The molecule has 0 spiro atoms. The summed E-state index contributed by atoms with van der Waals surface area (Å²) in [7, 11) is 0. The van der Waals surface area contributed by atoms with Gasteiger partial charge < -0.3 is 0 Å². The summed E-state index contributed by atoms with van der Waals surface area (Å²) in [6, 6.07) is 0. The molecule has 0 aliphatic rings. The van der Waals surface area contributed by atoms with Crippen LogP contribution >= 0.6 is 12.6 Å². The number of carbonyl (C=O) groups is 1. The molecule has 0 unspecified atom stereocenters. The van der Waals surface area contributed by atoms with E-state index in [2.05, 4.69) is 38.6 Å². The van der Waals surface area contributed by atoms with E-state index in [1.165, 1.54) is 5.57 Å². The maximum absolute atomic E-state index is 11.4. The Morgan fingerprint density at radius 1 is 0.950 bits per heavy atom. The lowest BCUT2D eigenvalue weighted by molar-refractivity contribution is -0.119. The van der Waals surface area contributed by atoms with E-state index in [-0.39, 0.29) is 15.9 Å². The third-order valence-electron chi connectivity index (χ3n) is 2.90. The van der Waals surface area contributed by atoms with Gasteiger partial charge in [0.25, 0.3) is 0 Å². The topological polar surface area (TPSA) is 17.1 Å². The molecule has 0 amide bonds. The minimum Gasteiger partial charge on any atom is -0.287 e. The zero-order valence-corrected chi connectivity index (χ0v) is 16.2. The lowest BCUT2D eigenvalue weighted by atomic mass is 9.71. The smallest absolute Gasteiger partial charge is 0.191 e. The molecule has 120 valence electrons. The lowest BCUT2D eigenvalue weighted by Crippen LogP contribution is -2.28. The summed E-state index contributed by atoms with van der Waals surface area (Å²) in [4.78, 5) is 11.4. The Bertz CT molecular complexity index is 309. The van der Waals surface area contributed by atoms with Gasteiger partial charge in [-0.05, 0) is 31.3 Å². The third kappa shape index (κ3) is 9.41. The predicted octanol–water partition coefficient (Wildman–Crippen LogP) is 6.46. The van der Waals surface area contributed by atoms with E-state index in [9.17, 15) is 4.79 Å². The summed E-state index contributed by atoms with van der Waals surface area (Å²) in [6.45, 7) is 20.3. The first kappa shape index (κ1) is 24.5. The molecule has 0 aromatic rings. The third-order valence-corrected chi connectivity index (χ3v) is 3.51. The molecule has 0 rings (SSSR count). The van der Waals surface area contributed by atoms with Crippen LogP contribution in [0, 0.1) is 10.8 Å². The number of thiol groups is 1. The van der Waals surface area contributed by atoms with Gasteiger partial charge in [0.05, 0.1) is 0 Å². The Morgan fingerprint density at radius 2 is 1.35 bits per heavy atom. The number of hydrogen-bond donors (Lipinski definition) is 1. The van der Waals surface area contributed by atoms with Crippen molar-refractivity contribution < 1.29 is 4.79 Å². The van der Waals surface area contributed by atoms with E-state index in [1.54, 1.807) is 0 Å². The average Bonchev–Trinajstić information content (AvgIpc) is 2.39. The molecular formula is C18H36OS. The van der Waals surface area contributed by atoms with Gasteiger partial charge in [-0.15, -0.1) is 12.6 Å². The van der Waals surface area contributed by atoms with Crippen molar-refractivity contribution in [3.8, 4) is 0 Å². The molecule has 0 heterocycles. The second kappa shape index (κ2) is 12.3. The Morgan fingerprint density at radius 3 is 1.60 bits per heavy atom. The van der Waals surface area contributed by atoms with E-state index < -0.39 is 0 Å². The van der Waals surface area contributed by atoms with Gasteiger partial charge >= 0.3 is 0 Å². The molecule has 0 N–H and O–H groups in total. The molecule has 0 aromatic heterocycles. The predicted molar refractivity (Wildman–Crippen MR) is 97.4 cm³/mol. The monoisotopic (exact) mass is 300 g/mol. The van der Waals surface area contributed by atoms with Crippen LogP contribution < -0.4 is 0 Å². The van der Waals surface area contributed by atoms with Crippen molar-refractivity contribution in [3.05, 3.63) is 23.8 Å². The van der Waals surface area contributed by atoms with E-state index in [0.717, 1.165) is 6.42 Å². The van der Waals surface area contributed by atoms with E-state index in [1.807, 2.05) is 61.5 Å². The van der Waals surface area contributed by atoms with Crippen LogP contribution in [0.25, 0.3) is 0 Å². The second-order valence-corrected chi connectivity index (χ2v) is 5.90. The van der Waals surface area contributed by atoms with Crippen molar-refractivity contribution in [1.29, 1.82) is 0 Å². The Hall–Kier alpha value is -0.500. The van der Waals surface area contributed by atoms with Crippen LogP contribution in [0.5, 0.6) is 0 Å². The fourth-order valence-electron chi connectivity index (χ4n) is 2.17. The highest BCUT2D eigenvalue weighted by atomic mass is 32.1. The van der Waals surface area contributed by atoms with E-state index in [4.69, 9.17) is 0 Å². The van der Waals surface area contributed by atoms with Crippen molar-refractivity contribution in [2.24, 2.45) is 10.8 Å². The molecule has 0 saturated heterocycles. The molecule has 1 nitrogen and oxygen atoms in total. The van der Waals surface area contributed by atoms with Gasteiger partial charge in [0.15, 0.2) is 5.12 Å². The fourth-order valence-corrected chi connectivity index (χ4v) is 2.25. The Kier molecular flexibility index (Phi) is 15.0. The molecule has 0 aliphatic heterocycles. The van der Waals surface area contributed by atoms with Crippen molar-refractivity contribution in [2.75, 3.05) is 0 Å². The summed E-state index contributed by atoms with van der Waals surface area (Å²) in [5.41, 5.74) is 0.865. The number of hydrogen-bond acceptors (Lipinski definition) is 1. The summed E-state index contributed by atoms with van der Waals surface area (Å²) in [6.07, 6.45) is 7.05. The van der Waals surface area contributed by atoms with Gasteiger partial charge in [-0.1, -0.05) is 73.6 Å². The highest BCUT2D eigenvalue weighted by molar-refractivity contribution is 7.96. The summed E-state index contributed by atoms with van der Waals surface area (Å²) in [5.74, 6) is 0. The van der Waals surface area contributed by atoms with Crippen LogP contribution in [0.4, 0.5) is 0 Å². The normalized spacial score (nSPS) is 12.2. The fraction of sp³-hybridized carbons (Fsp3) is 0.722. The second-order valence-electron chi connectivity index (χ2n) is 5.49. The van der Waals surface area contributed by atoms with Crippen LogP contribution in [0.15, 0.2) is 23.8 Å². The van der Waals surface area contributed by atoms with Crippen molar-refractivity contribution >= 4 is 17.7 Å². The highest BCUT2D eigenvalue weighted by Crippen LogP contribution is 2.40. The molecular weight excluding hydrogens is 264 g/mol. The first-order valence-corrected chi connectivity index (χ1v) is 8.15. The maximum Gasteiger partial charge on any atom is 0.191 e. The van der Waals surface area contributed by atoms with Crippen LogP contribution in [0.1, 0.15) is 75.7 Å². The molecule has 0 aliphatic carbocycles. The SMILES string of the molecule is C/C=C\C(=C/C)C(C)(C)CC(C)(C)C(=O)S.CC.CC. The number of carbonyl (C=O) groups excluding carboxylic acids is 1. The van der Waals surface area contributed by atoms with Crippen molar-refractivity contribution in [1.82, 2.24) is 0 Å². The van der Waals surface area contributed by atoms with Gasteiger partial charge in [-0.2, -0.15) is 0 Å². The molecule has 0 radical (unpaired) electrons. The zero-order chi connectivity index (χ0) is 17.0. The minimum absolute atomic E-state index is 0.0108. The van der Waals surface area contributed by atoms with Crippen LogP contribution in [0.3, 0.4) is 0 Å². The van der Waals surface area contributed by atoms with Crippen LogP contribution in [0.2, 0.25) is 0 Å². The van der Waals surface area contributed by atoms with Gasteiger partial charge in [-0.25, -0.2) is 0 Å². The zero-order valence-electron chi connectivity index (χ0n) is 15.3. The standard InChI is InChI=1S/C14H24OS.2C2H6/c1-7-9-11(8-2)13(3,4)10-14(5,6)12(15)16;2*1-2/h7-9H,10H2,1-6H3,(H,15,16);2*1-2H3/b9-7-,11-8+;;. The summed E-state index contributed by atoms with van der Waals surface area (Å²) < 4.78 is 0. The lowest BCUT2D eigenvalue weighted by Gasteiger charge is -2.34. The molecule has 0 fully saturated rings. The van der Waals surface area contributed by atoms with Gasteiger partial charge in [0, 0.05) is 5.41 Å². The van der Waals surface area contributed by atoms with E-state index in [0.29, 0.717) is 0 Å². The summed E-state index contributed by atoms with van der Waals surface area (Å²) >= 11 is 3.96. The number of allylic oxidation sites excluding steroid dienone is 4. The maximum atomic E-state index is 11.4. The molecule has 0 atom stereocenters. The summed E-state index contributed by atoms with van der Waals surface area (Å²) in [5, 5.41) is -0.0449. The Labute approximate surface area is 133 Å². The van der Waals surface area contributed by atoms with Crippen LogP contribution in [-0.4, -0.2) is 5.12 Å². The van der Waals surface area contributed by atoms with Crippen LogP contribution in [-0.2, 0) is 4.79 Å². The molecule has 2 heteroatoms. The Balaban J connectivity index is -0.000000656. The minimum atomic E-state index is -0.386. The highest BCUT2D eigenvalue weighted by Gasteiger charge is 2.34. The van der Waals surface area contributed by atoms with E-state index >= 15 is 0 Å². The molecule has 0 aromatic carbocycles. The van der Waals surface area contributed by atoms with Gasteiger partial charge in [0.2, 0.25) is 0 Å². The van der Waals surface area contributed by atoms with Crippen molar-refractivity contribution in [3.63, 3.8) is 0 Å².